The van der Waals surface area contributed by atoms with Crippen molar-refractivity contribution in [1.29, 1.82) is 0 Å². The molecule has 1 aliphatic heterocycles. The van der Waals surface area contributed by atoms with E-state index >= 15 is 0 Å². The molecule has 0 N–H and O–H groups in total. The largest absolute Gasteiger partial charge is 0.454 e. The first-order valence-electron chi connectivity index (χ1n) is 11.0. The number of rotatable bonds is 9. The lowest BCUT2D eigenvalue weighted by Crippen LogP contribution is -2.32. The molecule has 0 aliphatic carbocycles. The lowest BCUT2D eigenvalue weighted by Gasteiger charge is -2.24. The zero-order valence-corrected chi connectivity index (χ0v) is 18.3. The van der Waals surface area contributed by atoms with Crippen LogP contribution in [0.4, 0.5) is 0 Å². The molecule has 1 amide bonds. The summed E-state index contributed by atoms with van der Waals surface area (Å²) in [7, 11) is 0. The summed E-state index contributed by atoms with van der Waals surface area (Å²) >= 11 is 0. The zero-order chi connectivity index (χ0) is 21.6. The molecular weight excluding hydrogens is 388 g/mol. The molecule has 1 aliphatic rings. The van der Waals surface area contributed by atoms with Gasteiger partial charge in [-0.2, -0.15) is 0 Å². The second-order valence-electron chi connectivity index (χ2n) is 8.12. The summed E-state index contributed by atoms with van der Waals surface area (Å²) in [6, 6.07) is 18.2. The smallest absolute Gasteiger partial charge is 0.254 e. The third-order valence-corrected chi connectivity index (χ3v) is 5.65. The number of ether oxygens (including phenoxy) is 2. The third-order valence-electron chi connectivity index (χ3n) is 5.65. The van der Waals surface area contributed by atoms with Crippen LogP contribution in [0.5, 0.6) is 11.5 Å². The molecular formula is C26H30N2O3. The van der Waals surface area contributed by atoms with Crippen molar-refractivity contribution in [1.82, 2.24) is 9.47 Å². The van der Waals surface area contributed by atoms with Crippen molar-refractivity contribution in [2.75, 3.05) is 13.3 Å². The van der Waals surface area contributed by atoms with Crippen LogP contribution in [-0.4, -0.2) is 28.7 Å². The van der Waals surface area contributed by atoms with Crippen LogP contribution in [0.3, 0.4) is 0 Å². The monoisotopic (exact) mass is 418 g/mol. The summed E-state index contributed by atoms with van der Waals surface area (Å²) in [5.41, 5.74) is 4.28. The van der Waals surface area contributed by atoms with E-state index in [9.17, 15) is 4.79 Å². The maximum atomic E-state index is 13.4. The highest BCUT2D eigenvalue weighted by Gasteiger charge is 2.21. The highest BCUT2D eigenvalue weighted by atomic mass is 16.7. The van der Waals surface area contributed by atoms with Gasteiger partial charge in [0.2, 0.25) is 6.79 Å². The quantitative estimate of drug-likeness (QED) is 0.437. The molecule has 0 saturated heterocycles. The number of hydrogen-bond donors (Lipinski definition) is 0. The average molecular weight is 419 g/mol. The van der Waals surface area contributed by atoms with Gasteiger partial charge in [0.1, 0.15) is 0 Å². The minimum absolute atomic E-state index is 0.0257. The van der Waals surface area contributed by atoms with E-state index in [0.717, 1.165) is 38.0 Å². The summed E-state index contributed by atoms with van der Waals surface area (Å²) < 4.78 is 13.1. The van der Waals surface area contributed by atoms with Crippen molar-refractivity contribution in [3.8, 4) is 11.5 Å². The van der Waals surface area contributed by atoms with Gasteiger partial charge in [-0.3, -0.25) is 4.79 Å². The van der Waals surface area contributed by atoms with Gasteiger partial charge in [-0.25, -0.2) is 0 Å². The van der Waals surface area contributed by atoms with Crippen LogP contribution in [0.2, 0.25) is 0 Å². The number of fused-ring (bicyclic) bond motifs is 1. The fourth-order valence-corrected chi connectivity index (χ4v) is 3.97. The fraction of sp³-hybridized carbons (Fsp3) is 0.346. The summed E-state index contributed by atoms with van der Waals surface area (Å²) in [6.07, 6.45) is 5.31. The molecule has 0 saturated carbocycles. The van der Waals surface area contributed by atoms with E-state index in [4.69, 9.17) is 9.47 Å². The number of amides is 1. The van der Waals surface area contributed by atoms with E-state index in [-0.39, 0.29) is 12.7 Å². The van der Waals surface area contributed by atoms with Gasteiger partial charge in [-0.15, -0.1) is 0 Å². The van der Waals surface area contributed by atoms with E-state index in [2.05, 4.69) is 61.0 Å². The summed E-state index contributed by atoms with van der Waals surface area (Å²) in [4.78, 5) is 15.4. The summed E-state index contributed by atoms with van der Waals surface area (Å²) in [5.74, 6) is 1.36. The minimum Gasteiger partial charge on any atom is -0.454 e. The van der Waals surface area contributed by atoms with Crippen LogP contribution >= 0.6 is 0 Å². The Hall–Kier alpha value is -3.21. The summed E-state index contributed by atoms with van der Waals surface area (Å²) in [6.45, 7) is 6.60. The van der Waals surface area contributed by atoms with Gasteiger partial charge in [-0.1, -0.05) is 49.6 Å². The van der Waals surface area contributed by atoms with Gasteiger partial charge in [0.25, 0.3) is 5.91 Å². The molecule has 3 aromatic rings. The van der Waals surface area contributed by atoms with Crippen LogP contribution in [0, 0.1) is 6.92 Å². The molecule has 2 heterocycles. The average Bonchev–Trinajstić information content (AvgIpc) is 3.41. The van der Waals surface area contributed by atoms with Crippen LogP contribution in [0.25, 0.3) is 0 Å². The molecule has 162 valence electrons. The molecule has 5 heteroatoms. The maximum absolute atomic E-state index is 13.4. The highest BCUT2D eigenvalue weighted by molar-refractivity contribution is 5.95. The van der Waals surface area contributed by atoms with E-state index < -0.39 is 0 Å². The van der Waals surface area contributed by atoms with Gasteiger partial charge in [0.15, 0.2) is 11.5 Å². The van der Waals surface area contributed by atoms with Crippen molar-refractivity contribution >= 4 is 5.91 Å². The number of benzene rings is 2. The molecule has 31 heavy (non-hydrogen) atoms. The van der Waals surface area contributed by atoms with Gasteiger partial charge >= 0.3 is 0 Å². The zero-order valence-electron chi connectivity index (χ0n) is 18.3. The second kappa shape index (κ2) is 9.73. The van der Waals surface area contributed by atoms with Crippen molar-refractivity contribution < 1.29 is 14.3 Å². The first kappa shape index (κ1) is 21.0. The molecule has 1 aromatic heterocycles. The van der Waals surface area contributed by atoms with E-state index in [1.807, 2.05) is 17.0 Å². The number of nitrogens with zero attached hydrogens (tertiary/aromatic N) is 2. The predicted molar refractivity (Wildman–Crippen MR) is 122 cm³/mol. The van der Waals surface area contributed by atoms with Crippen molar-refractivity contribution in [2.24, 2.45) is 0 Å². The Balaban J connectivity index is 1.53. The number of carbonyl (C=O) groups excluding carboxylic acids is 1. The van der Waals surface area contributed by atoms with Gasteiger partial charge in [0, 0.05) is 30.5 Å². The molecule has 0 bridgehead atoms. The van der Waals surface area contributed by atoms with E-state index in [1.165, 1.54) is 11.1 Å². The first-order chi connectivity index (χ1) is 15.1. The van der Waals surface area contributed by atoms with Gasteiger partial charge in [-0.05, 0) is 49.2 Å². The maximum Gasteiger partial charge on any atom is 0.254 e. The second-order valence-corrected chi connectivity index (χ2v) is 8.12. The molecule has 5 nitrogen and oxygen atoms in total. The van der Waals surface area contributed by atoms with Crippen LogP contribution in [-0.2, 0) is 13.1 Å². The normalized spacial score (nSPS) is 12.2. The SMILES string of the molecule is CCCCCN(Cc1cccn1Cc1cccc(C)c1)C(=O)c1ccc2c(c1)OCO2. The Morgan fingerprint density at radius 2 is 1.90 bits per heavy atom. The van der Waals surface area contributed by atoms with Gasteiger partial charge < -0.3 is 18.9 Å². The molecule has 0 fully saturated rings. The molecule has 0 atom stereocenters. The predicted octanol–water partition coefficient (Wildman–Crippen LogP) is 5.41. The topological polar surface area (TPSA) is 43.7 Å². The molecule has 2 aromatic carbocycles. The fourth-order valence-electron chi connectivity index (χ4n) is 3.97. The van der Waals surface area contributed by atoms with Crippen LogP contribution in [0.15, 0.2) is 60.8 Å². The van der Waals surface area contributed by atoms with E-state index in [1.54, 1.807) is 6.07 Å². The summed E-state index contributed by atoms with van der Waals surface area (Å²) in [5, 5.41) is 0. The van der Waals surface area contributed by atoms with Crippen LogP contribution in [0.1, 0.15) is 53.4 Å². The molecule has 0 spiro atoms. The van der Waals surface area contributed by atoms with Crippen molar-refractivity contribution in [3.05, 3.63) is 83.2 Å². The van der Waals surface area contributed by atoms with E-state index in [0.29, 0.717) is 23.6 Å². The lowest BCUT2D eigenvalue weighted by molar-refractivity contribution is 0.0736. The van der Waals surface area contributed by atoms with Crippen LogP contribution < -0.4 is 9.47 Å². The third kappa shape index (κ3) is 5.10. The Morgan fingerprint density at radius 1 is 1.03 bits per heavy atom. The number of aryl methyl sites for hydroxylation is 1. The minimum atomic E-state index is 0.0257. The standard InChI is InChI=1S/C26H30N2O3/c1-3-4-5-13-28(26(29)22-11-12-24-25(16-22)31-19-30-24)18-23-10-7-14-27(23)17-21-9-6-8-20(2)15-21/h6-12,14-16H,3-5,13,17-19H2,1-2H3. The van der Waals surface area contributed by atoms with Gasteiger partial charge in [0.05, 0.1) is 6.54 Å². The lowest BCUT2D eigenvalue weighted by atomic mass is 10.1. The highest BCUT2D eigenvalue weighted by Crippen LogP contribution is 2.33. The Morgan fingerprint density at radius 3 is 2.74 bits per heavy atom. The molecule has 0 radical (unpaired) electrons. The Bertz CT molecular complexity index is 1040. The number of unbranched alkanes of at least 4 members (excludes halogenated alkanes) is 2. The number of hydrogen-bond acceptors (Lipinski definition) is 3. The van der Waals surface area contributed by atoms with Crippen molar-refractivity contribution in [2.45, 2.75) is 46.2 Å². The first-order valence-corrected chi connectivity index (χ1v) is 11.0. The Kier molecular flexibility index (Phi) is 6.60. The number of carbonyl (C=O) groups is 1. The number of aromatic nitrogens is 1. The Labute approximate surface area is 184 Å². The molecule has 4 rings (SSSR count). The molecule has 0 unspecified atom stereocenters. The van der Waals surface area contributed by atoms with Crippen molar-refractivity contribution in [3.63, 3.8) is 0 Å².